The van der Waals surface area contributed by atoms with E-state index in [2.05, 4.69) is 12.2 Å². The van der Waals surface area contributed by atoms with E-state index in [-0.39, 0.29) is 12.5 Å². The third-order valence-electron chi connectivity index (χ3n) is 5.92. The van der Waals surface area contributed by atoms with Crippen LogP contribution >= 0.6 is 11.6 Å². The second-order valence-electron chi connectivity index (χ2n) is 8.33. The lowest BCUT2D eigenvalue weighted by molar-refractivity contribution is 0.0964. The first-order chi connectivity index (χ1) is 15.9. The number of nitrogens with zero attached hydrogens (tertiary/aromatic N) is 2. The Bertz CT molecular complexity index is 1170. The minimum atomic E-state index is -2.35. The van der Waals surface area contributed by atoms with E-state index in [0.29, 0.717) is 51.2 Å². The summed E-state index contributed by atoms with van der Waals surface area (Å²) in [5.74, 6) is 0.470. The standard InChI is InChI=1S/C24H28ClN3O4S/c1-3-4-5-12-28(33(30)31)14-20-18(15-6-7-15)13-19-21(23(29)26-2)22(32-24(19)27-20)16-8-10-17(25)11-9-16/h8-11,13,15H,3-7,12,14H2,1-2H3,(H,26,29)(H,30,31)/p-1. The molecule has 176 valence electrons. The number of fused-ring (bicyclic) bond motifs is 1. The highest BCUT2D eigenvalue weighted by molar-refractivity contribution is 7.76. The zero-order chi connectivity index (χ0) is 23.5. The van der Waals surface area contributed by atoms with E-state index in [1.54, 1.807) is 31.3 Å². The molecule has 7 nitrogen and oxygen atoms in total. The van der Waals surface area contributed by atoms with Crippen molar-refractivity contribution in [3.05, 3.63) is 52.2 Å². The average molecular weight is 489 g/mol. The van der Waals surface area contributed by atoms with Gasteiger partial charge in [0.1, 0.15) is 5.76 Å². The summed E-state index contributed by atoms with van der Waals surface area (Å²) < 4.78 is 31.2. The van der Waals surface area contributed by atoms with Gasteiger partial charge in [0.05, 0.1) is 23.2 Å². The van der Waals surface area contributed by atoms with Crippen molar-refractivity contribution >= 4 is 39.9 Å². The zero-order valence-electron chi connectivity index (χ0n) is 18.7. The number of rotatable bonds is 10. The Hall–Kier alpha value is -2.26. The Morgan fingerprint density at radius 2 is 2.03 bits per heavy atom. The molecule has 1 aromatic carbocycles. The smallest absolute Gasteiger partial charge is 0.255 e. The number of aromatic nitrogens is 1. The van der Waals surface area contributed by atoms with Gasteiger partial charge in [0.25, 0.3) is 5.91 Å². The first-order valence-electron chi connectivity index (χ1n) is 11.2. The Balaban J connectivity index is 1.81. The molecular formula is C24H27ClN3O4S-. The largest absolute Gasteiger partial charge is 0.760 e. The molecule has 9 heteroatoms. The van der Waals surface area contributed by atoms with E-state index in [1.807, 2.05) is 6.07 Å². The Kier molecular flexibility index (Phi) is 7.48. The van der Waals surface area contributed by atoms with Gasteiger partial charge in [0.2, 0.25) is 5.71 Å². The van der Waals surface area contributed by atoms with Crippen LogP contribution in [-0.2, 0) is 17.8 Å². The van der Waals surface area contributed by atoms with Gasteiger partial charge < -0.3 is 14.3 Å². The topological polar surface area (TPSA) is 98.5 Å². The highest BCUT2D eigenvalue weighted by atomic mass is 35.5. The minimum Gasteiger partial charge on any atom is -0.760 e. The van der Waals surface area contributed by atoms with Gasteiger partial charge >= 0.3 is 0 Å². The molecule has 1 fully saturated rings. The van der Waals surface area contributed by atoms with E-state index in [4.69, 9.17) is 21.0 Å². The summed E-state index contributed by atoms with van der Waals surface area (Å²) in [5.41, 5.74) is 3.13. The quantitative estimate of drug-likeness (QED) is 0.313. The molecule has 0 saturated heterocycles. The summed E-state index contributed by atoms with van der Waals surface area (Å²) in [4.78, 5) is 17.6. The van der Waals surface area contributed by atoms with Crippen molar-refractivity contribution < 1.29 is 18.0 Å². The van der Waals surface area contributed by atoms with Crippen molar-refractivity contribution in [3.8, 4) is 11.3 Å². The lowest BCUT2D eigenvalue weighted by Crippen LogP contribution is -2.27. The van der Waals surface area contributed by atoms with E-state index >= 15 is 0 Å². The number of carbonyl (C=O) groups excluding carboxylic acids is 1. The maximum Gasteiger partial charge on any atom is 0.255 e. The number of hydrogen-bond acceptors (Lipinski definition) is 5. The SMILES string of the molecule is CCCCCN(Cc1nc2oc(-c3ccc(Cl)cc3)c(C(=O)NC)c2cc1C1CC1)S(=O)[O-]. The van der Waals surface area contributed by atoms with Crippen molar-refractivity contribution in [2.24, 2.45) is 0 Å². The van der Waals surface area contributed by atoms with Crippen LogP contribution in [0, 0.1) is 0 Å². The van der Waals surface area contributed by atoms with Crippen LogP contribution in [0.15, 0.2) is 34.7 Å². The molecule has 1 amide bonds. The van der Waals surface area contributed by atoms with Crippen molar-refractivity contribution in [1.82, 2.24) is 14.6 Å². The Morgan fingerprint density at radius 3 is 2.64 bits per heavy atom. The van der Waals surface area contributed by atoms with Crippen LogP contribution in [0.4, 0.5) is 0 Å². The molecule has 1 atom stereocenters. The Labute approximate surface area is 200 Å². The number of carbonyl (C=O) groups is 1. The molecule has 0 radical (unpaired) electrons. The predicted molar refractivity (Wildman–Crippen MR) is 129 cm³/mol. The van der Waals surface area contributed by atoms with Crippen molar-refractivity contribution in [2.45, 2.75) is 51.5 Å². The van der Waals surface area contributed by atoms with E-state index in [1.165, 1.54) is 4.31 Å². The molecule has 33 heavy (non-hydrogen) atoms. The maximum atomic E-state index is 12.8. The molecule has 1 saturated carbocycles. The van der Waals surface area contributed by atoms with Gasteiger partial charge in [-0.2, -0.15) is 0 Å². The van der Waals surface area contributed by atoms with Crippen molar-refractivity contribution in [2.75, 3.05) is 13.6 Å². The fourth-order valence-electron chi connectivity index (χ4n) is 4.02. The van der Waals surface area contributed by atoms with Crippen LogP contribution in [-0.4, -0.2) is 37.6 Å². The fraction of sp³-hybridized carbons (Fsp3) is 0.417. The predicted octanol–water partition coefficient (Wildman–Crippen LogP) is 5.17. The van der Waals surface area contributed by atoms with E-state index < -0.39 is 11.3 Å². The summed E-state index contributed by atoms with van der Waals surface area (Å²) in [5, 5.41) is 3.91. The number of pyridine rings is 1. The van der Waals surface area contributed by atoms with Gasteiger partial charge in [-0.1, -0.05) is 31.4 Å². The molecule has 2 aromatic heterocycles. The van der Waals surface area contributed by atoms with E-state index in [0.717, 1.165) is 37.7 Å². The molecular weight excluding hydrogens is 462 g/mol. The van der Waals surface area contributed by atoms with Gasteiger partial charge in [0, 0.05) is 35.4 Å². The first kappa shape index (κ1) is 23.9. The summed E-state index contributed by atoms with van der Waals surface area (Å²) in [6.07, 6.45) is 4.82. The Morgan fingerprint density at radius 1 is 1.30 bits per heavy atom. The minimum absolute atomic E-state index is 0.188. The van der Waals surface area contributed by atoms with Crippen LogP contribution in [0.2, 0.25) is 5.02 Å². The number of benzene rings is 1. The highest BCUT2D eigenvalue weighted by Crippen LogP contribution is 2.44. The summed E-state index contributed by atoms with van der Waals surface area (Å²) in [6.45, 7) is 2.72. The number of amides is 1. The average Bonchev–Trinajstić information content (AvgIpc) is 3.58. The van der Waals surface area contributed by atoms with E-state index in [9.17, 15) is 13.6 Å². The van der Waals surface area contributed by atoms with Crippen molar-refractivity contribution in [3.63, 3.8) is 0 Å². The lowest BCUT2D eigenvalue weighted by Gasteiger charge is -2.24. The van der Waals surface area contributed by atoms with Crippen LogP contribution in [0.3, 0.4) is 0 Å². The van der Waals surface area contributed by atoms with Crippen LogP contribution < -0.4 is 5.32 Å². The second-order valence-corrected chi connectivity index (χ2v) is 9.72. The molecule has 4 rings (SSSR count). The third-order valence-corrected chi connectivity index (χ3v) is 6.91. The maximum absolute atomic E-state index is 12.8. The number of unbranched alkanes of at least 4 members (excludes halogenated alkanes) is 2. The number of halogens is 1. The highest BCUT2D eigenvalue weighted by Gasteiger charge is 2.31. The molecule has 0 spiro atoms. The molecule has 1 unspecified atom stereocenters. The van der Waals surface area contributed by atoms with Crippen LogP contribution in [0.1, 0.15) is 66.6 Å². The van der Waals surface area contributed by atoms with Gasteiger partial charge in [-0.3, -0.25) is 9.00 Å². The van der Waals surface area contributed by atoms with Gasteiger partial charge in [-0.15, -0.1) is 0 Å². The molecule has 1 aliphatic carbocycles. The summed E-state index contributed by atoms with van der Waals surface area (Å²) >= 11 is 3.69. The second kappa shape index (κ2) is 10.3. The van der Waals surface area contributed by atoms with Gasteiger partial charge in [-0.05, 0) is 61.1 Å². The summed E-state index contributed by atoms with van der Waals surface area (Å²) in [7, 11) is 1.58. The molecule has 1 N–H and O–H groups in total. The molecule has 0 bridgehead atoms. The molecule has 0 aliphatic heterocycles. The number of nitrogens with one attached hydrogen (secondary N) is 1. The fourth-order valence-corrected chi connectivity index (χ4v) is 4.65. The van der Waals surface area contributed by atoms with Crippen LogP contribution in [0.5, 0.6) is 0 Å². The lowest BCUT2D eigenvalue weighted by atomic mass is 10.0. The molecule has 2 heterocycles. The first-order valence-corrected chi connectivity index (χ1v) is 12.6. The van der Waals surface area contributed by atoms with Gasteiger partial charge in [-0.25, -0.2) is 9.29 Å². The molecule has 1 aliphatic rings. The number of hydrogen-bond donors (Lipinski definition) is 1. The van der Waals surface area contributed by atoms with Gasteiger partial charge in [0.15, 0.2) is 0 Å². The summed E-state index contributed by atoms with van der Waals surface area (Å²) in [6, 6.07) is 9.03. The number of furan rings is 1. The third kappa shape index (κ3) is 5.30. The zero-order valence-corrected chi connectivity index (χ0v) is 20.3. The van der Waals surface area contributed by atoms with Crippen molar-refractivity contribution in [1.29, 1.82) is 0 Å². The monoisotopic (exact) mass is 488 g/mol. The molecule has 3 aromatic rings. The normalized spacial score (nSPS) is 14.7. The van der Waals surface area contributed by atoms with Crippen LogP contribution in [0.25, 0.3) is 22.4 Å².